The predicted molar refractivity (Wildman–Crippen MR) is 62.3 cm³/mol. The Hall–Kier alpha value is -1.47. The average molecular weight is 218 g/mol. The summed E-state index contributed by atoms with van der Waals surface area (Å²) in [5, 5.41) is 0.701. The summed E-state index contributed by atoms with van der Waals surface area (Å²) in [5.74, 6) is 0.854. The molecule has 0 saturated carbocycles. The van der Waals surface area contributed by atoms with E-state index in [-0.39, 0.29) is 0 Å². The first-order valence-corrected chi connectivity index (χ1v) is 4.99. The van der Waals surface area contributed by atoms with Crippen LogP contribution in [0.2, 0.25) is 5.02 Å². The number of hydrogen-bond acceptors (Lipinski definition) is 1. The fourth-order valence-electron chi connectivity index (χ4n) is 1.36. The molecule has 0 amide bonds. The van der Waals surface area contributed by atoms with E-state index in [9.17, 15) is 0 Å². The molecule has 0 aliphatic carbocycles. The van der Waals surface area contributed by atoms with Crippen molar-refractivity contribution in [3.8, 4) is 16.9 Å². The predicted octanol–water partition coefficient (Wildman–Crippen LogP) is 3.82. The summed E-state index contributed by atoms with van der Waals surface area (Å²) < 4.78 is 5.09. The van der Waals surface area contributed by atoms with E-state index in [0.717, 1.165) is 16.9 Å². The van der Waals surface area contributed by atoms with Gasteiger partial charge in [-0.2, -0.15) is 0 Å². The lowest BCUT2D eigenvalue weighted by Gasteiger charge is -2.03. The van der Waals surface area contributed by atoms with Crippen LogP contribution in [-0.4, -0.2) is 7.11 Å². The molecule has 2 rings (SSSR count). The zero-order valence-corrected chi connectivity index (χ0v) is 9.08. The van der Waals surface area contributed by atoms with E-state index >= 15 is 0 Å². The van der Waals surface area contributed by atoms with E-state index in [4.69, 9.17) is 16.3 Å². The third-order valence-electron chi connectivity index (χ3n) is 2.18. The first-order chi connectivity index (χ1) is 7.29. The Labute approximate surface area is 94.3 Å². The SMILES string of the molecule is COc1ccc(-c2[c]cc(Cl)cc2)cc1. The van der Waals surface area contributed by atoms with Crippen molar-refractivity contribution in [2.24, 2.45) is 0 Å². The van der Waals surface area contributed by atoms with Gasteiger partial charge in [0.2, 0.25) is 0 Å². The third-order valence-corrected chi connectivity index (χ3v) is 2.41. The van der Waals surface area contributed by atoms with Crippen LogP contribution in [0.5, 0.6) is 5.75 Å². The first-order valence-electron chi connectivity index (χ1n) is 4.61. The molecule has 15 heavy (non-hydrogen) atoms. The lowest BCUT2D eigenvalue weighted by Crippen LogP contribution is -1.82. The summed E-state index contributed by atoms with van der Waals surface area (Å²) in [6, 6.07) is 16.5. The van der Waals surface area contributed by atoms with Crippen LogP contribution < -0.4 is 4.74 Å². The molecule has 1 nitrogen and oxygen atoms in total. The van der Waals surface area contributed by atoms with Crippen molar-refractivity contribution in [3.05, 3.63) is 53.6 Å². The van der Waals surface area contributed by atoms with Crippen LogP contribution in [-0.2, 0) is 0 Å². The van der Waals surface area contributed by atoms with Gasteiger partial charge in [0, 0.05) is 5.02 Å². The molecule has 2 heteroatoms. The summed E-state index contributed by atoms with van der Waals surface area (Å²) in [7, 11) is 1.66. The van der Waals surface area contributed by atoms with E-state index in [1.54, 1.807) is 13.2 Å². The Bertz CT molecular complexity index is 431. The molecule has 2 aromatic carbocycles. The number of benzene rings is 2. The van der Waals surface area contributed by atoms with Gasteiger partial charge in [-0.3, -0.25) is 0 Å². The van der Waals surface area contributed by atoms with Crippen LogP contribution in [0.3, 0.4) is 0 Å². The highest BCUT2D eigenvalue weighted by molar-refractivity contribution is 6.30. The topological polar surface area (TPSA) is 9.23 Å². The fraction of sp³-hybridized carbons (Fsp3) is 0.0769. The second kappa shape index (κ2) is 4.37. The van der Waals surface area contributed by atoms with Crippen molar-refractivity contribution in [2.45, 2.75) is 0 Å². The normalized spacial score (nSPS) is 10.0. The minimum absolute atomic E-state index is 0.701. The average Bonchev–Trinajstić information content (AvgIpc) is 2.30. The summed E-state index contributed by atoms with van der Waals surface area (Å²) in [5.41, 5.74) is 2.13. The van der Waals surface area contributed by atoms with Crippen molar-refractivity contribution in [3.63, 3.8) is 0 Å². The number of hydrogen-bond donors (Lipinski definition) is 0. The van der Waals surface area contributed by atoms with Gasteiger partial charge in [0.15, 0.2) is 0 Å². The van der Waals surface area contributed by atoms with E-state index in [1.165, 1.54) is 0 Å². The molecule has 0 aliphatic rings. The summed E-state index contributed by atoms with van der Waals surface area (Å²) in [4.78, 5) is 0. The van der Waals surface area contributed by atoms with Gasteiger partial charge in [-0.1, -0.05) is 29.8 Å². The molecule has 0 aliphatic heterocycles. The second-order valence-electron chi connectivity index (χ2n) is 3.15. The van der Waals surface area contributed by atoms with Gasteiger partial charge in [-0.15, -0.1) is 0 Å². The van der Waals surface area contributed by atoms with Gasteiger partial charge in [0.25, 0.3) is 0 Å². The molecule has 0 aromatic heterocycles. The highest BCUT2D eigenvalue weighted by Crippen LogP contribution is 2.23. The highest BCUT2D eigenvalue weighted by atomic mass is 35.5. The van der Waals surface area contributed by atoms with E-state index < -0.39 is 0 Å². The molecule has 0 atom stereocenters. The summed E-state index contributed by atoms with van der Waals surface area (Å²) >= 11 is 5.80. The fourth-order valence-corrected chi connectivity index (χ4v) is 1.47. The molecular formula is C13H10ClO. The molecular weight excluding hydrogens is 208 g/mol. The lowest BCUT2D eigenvalue weighted by molar-refractivity contribution is 0.415. The Kier molecular flexibility index (Phi) is 2.93. The monoisotopic (exact) mass is 217 g/mol. The zero-order valence-electron chi connectivity index (χ0n) is 8.33. The molecule has 0 bridgehead atoms. The van der Waals surface area contributed by atoms with Crippen LogP contribution in [0.1, 0.15) is 0 Å². The van der Waals surface area contributed by atoms with Crippen LogP contribution in [0, 0.1) is 6.07 Å². The Balaban J connectivity index is 2.33. The maximum atomic E-state index is 5.80. The smallest absolute Gasteiger partial charge is 0.118 e. The van der Waals surface area contributed by atoms with Crippen LogP contribution >= 0.6 is 11.6 Å². The Morgan fingerprint density at radius 1 is 1.07 bits per heavy atom. The molecule has 75 valence electrons. The van der Waals surface area contributed by atoms with Gasteiger partial charge < -0.3 is 4.74 Å². The first kappa shape index (κ1) is 10.1. The van der Waals surface area contributed by atoms with Gasteiger partial charge in [-0.05, 0) is 41.5 Å². The maximum absolute atomic E-state index is 5.80. The van der Waals surface area contributed by atoms with Crippen molar-refractivity contribution < 1.29 is 4.74 Å². The molecule has 0 N–H and O–H groups in total. The maximum Gasteiger partial charge on any atom is 0.118 e. The van der Waals surface area contributed by atoms with E-state index in [0.29, 0.717) is 5.02 Å². The Morgan fingerprint density at radius 3 is 2.33 bits per heavy atom. The number of halogens is 1. The second-order valence-corrected chi connectivity index (χ2v) is 3.59. The molecule has 0 saturated heterocycles. The van der Waals surface area contributed by atoms with Crippen LogP contribution in [0.25, 0.3) is 11.1 Å². The van der Waals surface area contributed by atoms with Crippen molar-refractivity contribution in [2.75, 3.05) is 7.11 Å². The van der Waals surface area contributed by atoms with Crippen molar-refractivity contribution in [1.29, 1.82) is 0 Å². The minimum Gasteiger partial charge on any atom is -0.497 e. The standard InChI is InChI=1S/C13H10ClO/c1-15-13-8-4-11(5-9-13)10-2-6-12(14)7-3-10/h2,4-9H,1H3. The molecule has 1 radical (unpaired) electrons. The minimum atomic E-state index is 0.701. The van der Waals surface area contributed by atoms with Gasteiger partial charge >= 0.3 is 0 Å². The van der Waals surface area contributed by atoms with Gasteiger partial charge in [-0.25, -0.2) is 0 Å². The molecule has 2 aromatic rings. The van der Waals surface area contributed by atoms with E-state index in [2.05, 4.69) is 6.07 Å². The van der Waals surface area contributed by atoms with Crippen LogP contribution in [0.4, 0.5) is 0 Å². The van der Waals surface area contributed by atoms with Crippen molar-refractivity contribution >= 4 is 11.6 Å². The van der Waals surface area contributed by atoms with Crippen molar-refractivity contribution in [1.82, 2.24) is 0 Å². The zero-order chi connectivity index (χ0) is 10.7. The largest absolute Gasteiger partial charge is 0.497 e. The van der Waals surface area contributed by atoms with Gasteiger partial charge in [0.1, 0.15) is 5.75 Å². The number of ether oxygens (including phenoxy) is 1. The molecule has 0 fully saturated rings. The third kappa shape index (κ3) is 2.31. The van der Waals surface area contributed by atoms with Gasteiger partial charge in [0.05, 0.1) is 7.11 Å². The highest BCUT2D eigenvalue weighted by Gasteiger charge is 1.98. The van der Waals surface area contributed by atoms with E-state index in [1.807, 2.05) is 36.4 Å². The quantitative estimate of drug-likeness (QED) is 0.743. The number of rotatable bonds is 2. The summed E-state index contributed by atoms with van der Waals surface area (Å²) in [6.45, 7) is 0. The number of methoxy groups -OCH3 is 1. The molecule has 0 heterocycles. The summed E-state index contributed by atoms with van der Waals surface area (Å²) in [6.07, 6.45) is 0. The van der Waals surface area contributed by atoms with Crippen LogP contribution in [0.15, 0.2) is 42.5 Å². The molecule has 0 spiro atoms. The Morgan fingerprint density at radius 2 is 1.80 bits per heavy atom. The lowest BCUT2D eigenvalue weighted by atomic mass is 10.1. The molecule has 0 unspecified atom stereocenters.